The summed E-state index contributed by atoms with van der Waals surface area (Å²) in [6.45, 7) is 7.21. The Balaban J connectivity index is 1.17. The Labute approximate surface area is 186 Å². The third-order valence-electron chi connectivity index (χ3n) is 6.97. The quantitative estimate of drug-likeness (QED) is 0.655. The maximum absolute atomic E-state index is 12.6. The summed E-state index contributed by atoms with van der Waals surface area (Å²) in [5, 5.41) is 3.20. The first-order chi connectivity index (χ1) is 15.2. The number of amides is 1. The summed E-state index contributed by atoms with van der Waals surface area (Å²) in [6, 6.07) is 8.96. The van der Waals surface area contributed by atoms with Crippen molar-refractivity contribution in [2.45, 2.75) is 57.9 Å². The van der Waals surface area contributed by atoms with E-state index in [0.29, 0.717) is 0 Å². The van der Waals surface area contributed by atoms with E-state index < -0.39 is 0 Å². The molecule has 2 aromatic rings. The van der Waals surface area contributed by atoms with E-state index in [4.69, 9.17) is 0 Å². The zero-order valence-corrected chi connectivity index (χ0v) is 18.9. The molecule has 0 aliphatic carbocycles. The first-order valence-electron chi connectivity index (χ1n) is 12.1. The molecule has 2 fully saturated rings. The minimum Gasteiger partial charge on any atom is -0.357 e. The van der Waals surface area contributed by atoms with E-state index in [2.05, 4.69) is 43.7 Å². The number of anilines is 1. The highest BCUT2D eigenvalue weighted by atomic mass is 16.1. The average Bonchev–Trinajstić information content (AvgIpc) is 3.37. The normalized spacial score (nSPS) is 20.7. The number of rotatable bonds is 8. The first kappa shape index (κ1) is 21.9. The van der Waals surface area contributed by atoms with Crippen molar-refractivity contribution in [3.8, 4) is 5.69 Å². The molecule has 0 bridgehead atoms. The Morgan fingerprint density at radius 1 is 1.10 bits per heavy atom. The molecular weight excluding hydrogens is 386 g/mol. The van der Waals surface area contributed by atoms with Crippen molar-refractivity contribution in [3.05, 3.63) is 42.9 Å². The van der Waals surface area contributed by atoms with E-state index in [1.54, 1.807) is 0 Å². The summed E-state index contributed by atoms with van der Waals surface area (Å²) in [5.74, 6) is 1.37. The lowest BCUT2D eigenvalue weighted by molar-refractivity contribution is -0.125. The van der Waals surface area contributed by atoms with Gasteiger partial charge in [-0.05, 0) is 69.3 Å². The molecule has 2 saturated heterocycles. The van der Waals surface area contributed by atoms with Gasteiger partial charge in [0.15, 0.2) is 0 Å². The van der Waals surface area contributed by atoms with Crippen molar-refractivity contribution in [3.63, 3.8) is 0 Å². The topological polar surface area (TPSA) is 53.4 Å². The molecule has 168 valence electrons. The van der Waals surface area contributed by atoms with Crippen LogP contribution in [-0.4, -0.2) is 59.1 Å². The van der Waals surface area contributed by atoms with Gasteiger partial charge in [-0.25, -0.2) is 4.98 Å². The molecule has 0 radical (unpaired) electrons. The van der Waals surface area contributed by atoms with Gasteiger partial charge in [-0.1, -0.05) is 13.3 Å². The van der Waals surface area contributed by atoms with E-state index in [1.807, 2.05) is 30.7 Å². The summed E-state index contributed by atoms with van der Waals surface area (Å²) in [6.07, 6.45) is 14.1. The third kappa shape index (κ3) is 5.67. The fraction of sp³-hybridized carbons (Fsp3) is 0.600. The maximum Gasteiger partial charge on any atom is 0.223 e. The minimum absolute atomic E-state index is 0.133. The van der Waals surface area contributed by atoms with Crippen molar-refractivity contribution in [1.82, 2.24) is 19.8 Å². The molecular formula is C25H37N5O. The van der Waals surface area contributed by atoms with Crippen molar-refractivity contribution < 1.29 is 4.79 Å². The van der Waals surface area contributed by atoms with Gasteiger partial charge in [-0.3, -0.25) is 4.79 Å². The number of carbonyl (C=O) groups is 1. The molecule has 4 heterocycles. The van der Waals surface area contributed by atoms with Crippen LogP contribution in [0.1, 0.15) is 51.9 Å². The number of aromatic nitrogens is 2. The Morgan fingerprint density at radius 2 is 1.90 bits per heavy atom. The van der Waals surface area contributed by atoms with Gasteiger partial charge in [0.05, 0.1) is 11.9 Å². The molecule has 6 nitrogen and oxygen atoms in total. The van der Waals surface area contributed by atoms with E-state index in [1.165, 1.54) is 32.2 Å². The highest BCUT2D eigenvalue weighted by Gasteiger charge is 2.25. The van der Waals surface area contributed by atoms with Crippen LogP contribution < -0.4 is 10.2 Å². The van der Waals surface area contributed by atoms with E-state index >= 15 is 0 Å². The van der Waals surface area contributed by atoms with Crippen LogP contribution in [0, 0.1) is 5.92 Å². The summed E-state index contributed by atoms with van der Waals surface area (Å²) in [4.78, 5) is 22.2. The smallest absolute Gasteiger partial charge is 0.223 e. The molecule has 0 aromatic carbocycles. The zero-order valence-electron chi connectivity index (χ0n) is 18.9. The van der Waals surface area contributed by atoms with E-state index in [-0.39, 0.29) is 11.8 Å². The van der Waals surface area contributed by atoms with Crippen LogP contribution in [0.4, 0.5) is 5.82 Å². The molecule has 0 spiro atoms. The molecule has 6 heteroatoms. The fourth-order valence-electron chi connectivity index (χ4n) is 5.05. The van der Waals surface area contributed by atoms with E-state index in [9.17, 15) is 4.79 Å². The summed E-state index contributed by atoms with van der Waals surface area (Å²) < 4.78 is 2.06. The van der Waals surface area contributed by atoms with Crippen molar-refractivity contribution in [2.24, 2.45) is 5.92 Å². The van der Waals surface area contributed by atoms with Gasteiger partial charge in [0.2, 0.25) is 5.91 Å². The predicted octanol–water partition coefficient (Wildman–Crippen LogP) is 3.86. The molecule has 2 aliphatic heterocycles. The van der Waals surface area contributed by atoms with Crippen molar-refractivity contribution >= 4 is 11.7 Å². The molecule has 2 aliphatic rings. The number of pyridine rings is 1. The van der Waals surface area contributed by atoms with E-state index in [0.717, 1.165) is 63.0 Å². The van der Waals surface area contributed by atoms with Crippen molar-refractivity contribution in [1.29, 1.82) is 0 Å². The molecule has 31 heavy (non-hydrogen) atoms. The van der Waals surface area contributed by atoms with Crippen LogP contribution in [0.3, 0.4) is 0 Å². The highest BCUT2D eigenvalue weighted by Crippen LogP contribution is 2.23. The van der Waals surface area contributed by atoms with Crippen molar-refractivity contribution in [2.75, 3.05) is 37.6 Å². The number of nitrogens with zero attached hydrogens (tertiary/aromatic N) is 4. The van der Waals surface area contributed by atoms with Gasteiger partial charge >= 0.3 is 0 Å². The predicted molar refractivity (Wildman–Crippen MR) is 126 cm³/mol. The Kier molecular flexibility index (Phi) is 7.62. The average molecular weight is 424 g/mol. The number of likely N-dealkylation sites (tertiary alicyclic amines) is 1. The number of hydrogen-bond acceptors (Lipinski definition) is 4. The Morgan fingerprint density at radius 3 is 2.61 bits per heavy atom. The number of piperidine rings is 2. The zero-order chi connectivity index (χ0) is 21.5. The summed E-state index contributed by atoms with van der Waals surface area (Å²) in [5.41, 5.74) is 1.07. The monoisotopic (exact) mass is 423 g/mol. The van der Waals surface area contributed by atoms with Crippen LogP contribution in [0.5, 0.6) is 0 Å². The molecule has 2 aromatic heterocycles. The highest BCUT2D eigenvalue weighted by molar-refractivity contribution is 5.78. The lowest BCUT2D eigenvalue weighted by Crippen LogP contribution is -2.42. The lowest BCUT2D eigenvalue weighted by Gasteiger charge is -2.35. The Bertz CT molecular complexity index is 796. The van der Waals surface area contributed by atoms with Crippen LogP contribution in [-0.2, 0) is 4.79 Å². The number of nitrogens with one attached hydrogen (secondary N) is 1. The second kappa shape index (κ2) is 10.8. The molecule has 4 rings (SSSR count). The van der Waals surface area contributed by atoms with Crippen LogP contribution in [0.15, 0.2) is 42.9 Å². The van der Waals surface area contributed by atoms with Gasteiger partial charge in [-0.2, -0.15) is 0 Å². The van der Waals surface area contributed by atoms with Gasteiger partial charge in [0.1, 0.15) is 5.82 Å². The second-order valence-corrected chi connectivity index (χ2v) is 8.96. The molecule has 1 N–H and O–H groups in total. The standard InChI is InChI=1S/C25H37N5O/c1-2-22-8-3-4-14-28(22)17-7-13-26-25(31)21-11-18-30(19-12-21)24-10-9-23(20-27-24)29-15-5-6-16-29/h5-6,9-10,15-16,20-22H,2-4,7-8,11-14,17-19H2,1H3,(H,26,31)/t22-/m0/s1. The van der Waals surface area contributed by atoms with Crippen LogP contribution in [0.25, 0.3) is 5.69 Å². The largest absolute Gasteiger partial charge is 0.357 e. The third-order valence-corrected chi connectivity index (χ3v) is 6.97. The maximum atomic E-state index is 12.6. The van der Waals surface area contributed by atoms with Crippen LogP contribution in [0.2, 0.25) is 0 Å². The number of carbonyl (C=O) groups excluding carboxylic acids is 1. The Hall–Kier alpha value is -2.34. The molecule has 1 atom stereocenters. The summed E-state index contributed by atoms with van der Waals surface area (Å²) >= 11 is 0. The molecule has 0 unspecified atom stereocenters. The van der Waals surface area contributed by atoms with Gasteiger partial charge < -0.3 is 19.7 Å². The fourth-order valence-corrected chi connectivity index (χ4v) is 5.05. The van der Waals surface area contributed by atoms with Crippen LogP contribution >= 0.6 is 0 Å². The number of hydrogen-bond donors (Lipinski definition) is 1. The lowest BCUT2D eigenvalue weighted by atomic mass is 9.96. The minimum atomic E-state index is 0.133. The first-order valence-corrected chi connectivity index (χ1v) is 12.1. The van der Waals surface area contributed by atoms with Gasteiger partial charge in [0, 0.05) is 50.5 Å². The summed E-state index contributed by atoms with van der Waals surface area (Å²) in [7, 11) is 0. The van der Waals surface area contributed by atoms with Gasteiger partial charge in [0.25, 0.3) is 0 Å². The molecule has 1 amide bonds. The molecule has 0 saturated carbocycles. The SMILES string of the molecule is CC[C@H]1CCCCN1CCCNC(=O)C1CCN(c2ccc(-n3cccc3)cn2)CC1. The second-order valence-electron chi connectivity index (χ2n) is 8.96. The van der Waals surface area contributed by atoms with Gasteiger partial charge in [-0.15, -0.1) is 0 Å².